The molecule has 66 heavy (non-hydrogen) atoms. The summed E-state index contributed by atoms with van der Waals surface area (Å²) in [6.45, 7) is 5.62. The number of amides is 1. The summed E-state index contributed by atoms with van der Waals surface area (Å²) < 4.78 is 78.7. The van der Waals surface area contributed by atoms with Crippen LogP contribution < -0.4 is 10.5 Å². The quantitative estimate of drug-likeness (QED) is 0.0197. The minimum atomic E-state index is -4.74. The first-order valence-electron chi connectivity index (χ1n) is 21.7. The average Bonchev–Trinajstić information content (AvgIpc) is 3.33. The van der Waals surface area contributed by atoms with Crippen LogP contribution >= 0.6 is 0 Å². The monoisotopic (exact) mass is 912 g/mol. The van der Waals surface area contributed by atoms with Gasteiger partial charge in [-0.05, 0) is 59.6 Å². The average molecular weight is 913 g/mol. The Morgan fingerprint density at radius 1 is 0.667 bits per heavy atom. The van der Waals surface area contributed by atoms with E-state index in [1.54, 1.807) is 28.3 Å². The van der Waals surface area contributed by atoms with Gasteiger partial charge in [-0.2, -0.15) is 13.2 Å². The highest BCUT2D eigenvalue weighted by Gasteiger charge is 2.36. The van der Waals surface area contributed by atoms with E-state index in [-0.39, 0.29) is 56.5 Å². The van der Waals surface area contributed by atoms with Gasteiger partial charge in [0, 0.05) is 83.5 Å². The lowest BCUT2D eigenvalue weighted by Crippen LogP contribution is -2.49. The van der Waals surface area contributed by atoms with Crippen LogP contribution in [0.25, 0.3) is 60.0 Å². The van der Waals surface area contributed by atoms with Crippen LogP contribution in [0.3, 0.4) is 0 Å². The van der Waals surface area contributed by atoms with Gasteiger partial charge >= 0.3 is 6.18 Å². The number of carbonyl (C=O) groups is 1. The summed E-state index contributed by atoms with van der Waals surface area (Å²) in [4.78, 5) is 41.7. The molecule has 1 aliphatic heterocycles. The molecule has 16 nitrogen and oxygen atoms in total. The molecule has 4 heterocycles. The molecule has 0 N–H and O–H groups in total. The van der Waals surface area contributed by atoms with E-state index < -0.39 is 17.3 Å². The van der Waals surface area contributed by atoms with E-state index in [0.29, 0.717) is 101 Å². The number of benzene rings is 3. The number of aromatic nitrogens is 3. The van der Waals surface area contributed by atoms with Crippen LogP contribution in [-0.2, 0) is 39.4 Å². The van der Waals surface area contributed by atoms with Crippen LogP contribution in [0, 0.1) is 0 Å². The Morgan fingerprint density at radius 2 is 1.30 bits per heavy atom. The van der Waals surface area contributed by atoms with Crippen molar-refractivity contribution in [2.75, 3.05) is 117 Å². The zero-order chi connectivity index (χ0) is 46.1. The number of piperazine rings is 1. The Labute approximate surface area is 378 Å². The van der Waals surface area contributed by atoms with Gasteiger partial charge < -0.3 is 38.2 Å². The van der Waals surface area contributed by atoms with Gasteiger partial charge in [0.25, 0.3) is 5.56 Å². The Balaban J connectivity index is 0.866. The standard InChI is InChI=1S/C47H51F3N8O8/c48-47(49,50)40-31-38(58-45(60)10-6-36-32-53-42-8-5-34(30-39(42)46(36)58)37-29-35-3-1-2-4-41(35)52-33-37)7-9-43(40)56-13-15-57(16-14-56)44(59)11-17-61-19-21-63-23-25-65-27-28-66-26-24-64-22-20-62-18-12-54-55-51/h1-10,29-33H,11-28H2. The molecule has 0 saturated carbocycles. The summed E-state index contributed by atoms with van der Waals surface area (Å²) in [5.41, 5.74) is 10.4. The van der Waals surface area contributed by atoms with Gasteiger partial charge in [0.05, 0.1) is 114 Å². The third-order valence-electron chi connectivity index (χ3n) is 10.9. The number of rotatable bonds is 24. The predicted molar refractivity (Wildman–Crippen MR) is 243 cm³/mol. The van der Waals surface area contributed by atoms with E-state index in [1.807, 2.05) is 48.5 Å². The van der Waals surface area contributed by atoms with Crippen LogP contribution in [0.4, 0.5) is 18.9 Å². The maximum atomic E-state index is 14.9. The molecule has 1 saturated heterocycles. The molecule has 1 amide bonds. The molecule has 19 heteroatoms. The summed E-state index contributed by atoms with van der Waals surface area (Å²) in [5.74, 6) is -0.144. The first-order valence-corrected chi connectivity index (χ1v) is 21.7. The number of nitrogens with zero attached hydrogens (tertiary/aromatic N) is 8. The van der Waals surface area contributed by atoms with E-state index in [1.165, 1.54) is 22.8 Å². The third-order valence-corrected chi connectivity index (χ3v) is 10.9. The number of alkyl halides is 3. The van der Waals surface area contributed by atoms with Gasteiger partial charge in [-0.25, -0.2) is 0 Å². The number of para-hydroxylation sites is 1. The predicted octanol–water partition coefficient (Wildman–Crippen LogP) is 7.22. The van der Waals surface area contributed by atoms with Crippen molar-refractivity contribution in [3.63, 3.8) is 0 Å². The van der Waals surface area contributed by atoms with Crippen molar-refractivity contribution in [3.8, 4) is 16.8 Å². The molecule has 3 aromatic heterocycles. The third kappa shape index (κ3) is 12.8. The SMILES string of the molecule is [N-]=[N+]=NCCOCCOCCOCCOCCOCCOCCC(=O)N1CCN(c2ccc(-n3c(=O)ccc4cnc5ccc(-c6cnc7ccccc7c6)cc5c43)cc2C(F)(F)F)CC1. The molecule has 0 bridgehead atoms. The maximum absolute atomic E-state index is 14.9. The van der Waals surface area contributed by atoms with Gasteiger partial charge in [0.1, 0.15) is 0 Å². The smallest absolute Gasteiger partial charge is 0.379 e. The normalized spacial score (nSPS) is 13.2. The van der Waals surface area contributed by atoms with Crippen molar-refractivity contribution in [3.05, 3.63) is 118 Å². The molecule has 0 radical (unpaired) electrons. The van der Waals surface area contributed by atoms with Crippen LogP contribution in [0.5, 0.6) is 0 Å². The number of pyridine rings is 3. The number of ether oxygens (including phenoxy) is 6. The van der Waals surface area contributed by atoms with Crippen LogP contribution in [-0.4, -0.2) is 137 Å². The van der Waals surface area contributed by atoms with Crippen molar-refractivity contribution in [1.82, 2.24) is 19.4 Å². The number of halogens is 3. The lowest BCUT2D eigenvalue weighted by atomic mass is 10.0. The first-order chi connectivity index (χ1) is 32.2. The van der Waals surface area contributed by atoms with Gasteiger partial charge in [0.15, 0.2) is 0 Å². The highest BCUT2D eigenvalue weighted by atomic mass is 19.4. The van der Waals surface area contributed by atoms with E-state index in [9.17, 15) is 22.8 Å². The van der Waals surface area contributed by atoms with Crippen LogP contribution in [0.15, 0.2) is 101 Å². The molecule has 0 atom stereocenters. The molecule has 1 fully saturated rings. The summed E-state index contributed by atoms with van der Waals surface area (Å²) in [5, 5.41) is 5.52. The summed E-state index contributed by atoms with van der Waals surface area (Å²) in [6, 6.07) is 22.3. The molecule has 0 aliphatic carbocycles. The lowest BCUT2D eigenvalue weighted by molar-refractivity contribution is -0.137. The summed E-state index contributed by atoms with van der Waals surface area (Å²) in [6.07, 6.45) is -1.22. The Morgan fingerprint density at radius 3 is 1.97 bits per heavy atom. The maximum Gasteiger partial charge on any atom is 0.418 e. The lowest BCUT2D eigenvalue weighted by Gasteiger charge is -2.37. The number of carbonyl (C=O) groups excluding carboxylic acids is 1. The van der Waals surface area contributed by atoms with Crippen molar-refractivity contribution in [1.29, 1.82) is 0 Å². The largest absolute Gasteiger partial charge is 0.418 e. The van der Waals surface area contributed by atoms with E-state index >= 15 is 0 Å². The molecule has 3 aromatic carbocycles. The second kappa shape index (κ2) is 23.8. The highest BCUT2D eigenvalue weighted by molar-refractivity contribution is 6.05. The van der Waals surface area contributed by atoms with Gasteiger partial charge in [-0.15, -0.1) is 0 Å². The van der Waals surface area contributed by atoms with Gasteiger partial charge in [-0.3, -0.25) is 24.1 Å². The molecule has 0 spiro atoms. The first kappa shape index (κ1) is 47.8. The number of fused-ring (bicyclic) bond motifs is 4. The number of azide groups is 1. The molecule has 6 aromatic rings. The minimum absolute atomic E-state index is 0.0208. The Hall–Kier alpha value is -6.18. The van der Waals surface area contributed by atoms with Crippen molar-refractivity contribution < 1.29 is 46.4 Å². The molecule has 7 rings (SSSR count). The number of anilines is 1. The fourth-order valence-corrected chi connectivity index (χ4v) is 7.61. The van der Waals surface area contributed by atoms with Crippen molar-refractivity contribution >= 4 is 44.3 Å². The summed E-state index contributed by atoms with van der Waals surface area (Å²) in [7, 11) is 0. The second-order valence-corrected chi connectivity index (χ2v) is 15.2. The van der Waals surface area contributed by atoms with Gasteiger partial charge in [-0.1, -0.05) is 29.4 Å². The minimum Gasteiger partial charge on any atom is -0.379 e. The highest BCUT2D eigenvalue weighted by Crippen LogP contribution is 2.39. The molecule has 0 unspecified atom stereocenters. The van der Waals surface area contributed by atoms with Gasteiger partial charge in [0.2, 0.25) is 5.91 Å². The van der Waals surface area contributed by atoms with E-state index in [4.69, 9.17) is 34.0 Å². The topological polar surface area (TPSA) is 175 Å². The number of hydrogen-bond donors (Lipinski definition) is 0. The van der Waals surface area contributed by atoms with Crippen LogP contribution in [0.2, 0.25) is 0 Å². The molecular weight excluding hydrogens is 862 g/mol. The zero-order valence-corrected chi connectivity index (χ0v) is 36.4. The van der Waals surface area contributed by atoms with Crippen molar-refractivity contribution in [2.24, 2.45) is 5.11 Å². The molecule has 348 valence electrons. The fraction of sp³-hybridized carbons (Fsp3) is 0.404. The van der Waals surface area contributed by atoms with Crippen molar-refractivity contribution in [2.45, 2.75) is 12.6 Å². The van der Waals surface area contributed by atoms with Crippen LogP contribution in [0.1, 0.15) is 12.0 Å². The molecular formula is C47H51F3N8O8. The van der Waals surface area contributed by atoms with E-state index in [0.717, 1.165) is 28.1 Å². The summed E-state index contributed by atoms with van der Waals surface area (Å²) >= 11 is 0. The second-order valence-electron chi connectivity index (χ2n) is 15.2. The number of hydrogen-bond acceptors (Lipinski definition) is 12. The Kier molecular flexibility index (Phi) is 17.3. The van der Waals surface area contributed by atoms with E-state index in [2.05, 4.69) is 20.0 Å². The fourth-order valence-electron chi connectivity index (χ4n) is 7.61. The zero-order valence-electron chi connectivity index (χ0n) is 36.4. The Bertz CT molecular complexity index is 2670. The molecule has 1 aliphatic rings.